The number of amides is 1. The van der Waals surface area contributed by atoms with Crippen LogP contribution in [0.15, 0.2) is 30.3 Å². The van der Waals surface area contributed by atoms with Crippen LogP contribution in [0.1, 0.15) is 11.5 Å². The lowest BCUT2D eigenvalue weighted by molar-refractivity contribution is -0.124. The van der Waals surface area contributed by atoms with Crippen molar-refractivity contribution >= 4 is 15.7 Å². The molecule has 22 heavy (non-hydrogen) atoms. The van der Waals surface area contributed by atoms with Gasteiger partial charge in [-0.1, -0.05) is 30.3 Å². The van der Waals surface area contributed by atoms with E-state index in [1.807, 2.05) is 35.2 Å². The summed E-state index contributed by atoms with van der Waals surface area (Å²) in [6.07, 6.45) is 1.22. The van der Waals surface area contributed by atoms with Gasteiger partial charge in [-0.3, -0.25) is 9.69 Å². The van der Waals surface area contributed by atoms with Gasteiger partial charge in [-0.2, -0.15) is 0 Å². The van der Waals surface area contributed by atoms with Gasteiger partial charge in [0.1, 0.15) is 16.4 Å². The predicted octanol–water partition coefficient (Wildman–Crippen LogP) is -0.392. The van der Waals surface area contributed by atoms with E-state index < -0.39 is 22.4 Å². The Morgan fingerprint density at radius 2 is 2.00 bits per heavy atom. The lowest BCUT2D eigenvalue weighted by Crippen LogP contribution is -2.41. The molecular formula is C15H22N2O4S. The number of carbonyl (C=O) groups excluding carboxylic acids is 1. The number of rotatable bonds is 6. The van der Waals surface area contributed by atoms with Crippen molar-refractivity contribution in [2.75, 3.05) is 38.2 Å². The molecule has 7 heteroatoms. The molecule has 1 heterocycles. The first kappa shape index (κ1) is 16.9. The topological polar surface area (TPSA) is 86.7 Å². The van der Waals surface area contributed by atoms with Gasteiger partial charge >= 0.3 is 0 Å². The first-order chi connectivity index (χ1) is 10.4. The Bertz CT molecular complexity index is 603. The van der Waals surface area contributed by atoms with Crippen molar-refractivity contribution in [1.82, 2.24) is 10.2 Å². The average Bonchev–Trinajstić information content (AvgIpc) is 2.88. The van der Waals surface area contributed by atoms with Crippen molar-refractivity contribution < 1.29 is 18.3 Å². The van der Waals surface area contributed by atoms with Gasteiger partial charge < -0.3 is 10.4 Å². The highest BCUT2D eigenvalue weighted by molar-refractivity contribution is 7.90. The maximum Gasteiger partial charge on any atom is 0.245 e. The third kappa shape index (κ3) is 4.79. The summed E-state index contributed by atoms with van der Waals surface area (Å²) >= 11 is 0. The summed E-state index contributed by atoms with van der Waals surface area (Å²) in [5.74, 6) is -0.206. The van der Waals surface area contributed by atoms with Gasteiger partial charge in [-0.15, -0.1) is 0 Å². The van der Waals surface area contributed by atoms with E-state index in [9.17, 15) is 13.2 Å². The standard InChI is InChI=1S/C15H22N2O4S/c1-22(20,21)8-7-17-9-13(12-5-3-2-4-6-12)14(10-17)16-15(19)11-18/h2-6,13-14,18H,7-11H2,1H3,(H,16,19)/t13-,14+/m1/s1. The largest absolute Gasteiger partial charge is 0.387 e. The number of aliphatic hydroxyl groups excluding tert-OH is 1. The molecule has 2 N–H and O–H groups in total. The zero-order chi connectivity index (χ0) is 16.2. The molecule has 0 radical (unpaired) electrons. The third-order valence-electron chi connectivity index (χ3n) is 3.89. The van der Waals surface area contributed by atoms with Crippen molar-refractivity contribution in [3.63, 3.8) is 0 Å². The van der Waals surface area contributed by atoms with E-state index in [4.69, 9.17) is 5.11 Å². The van der Waals surface area contributed by atoms with Gasteiger partial charge in [0.2, 0.25) is 5.91 Å². The predicted molar refractivity (Wildman–Crippen MR) is 84.4 cm³/mol. The van der Waals surface area contributed by atoms with Crippen molar-refractivity contribution in [1.29, 1.82) is 0 Å². The number of benzene rings is 1. The minimum Gasteiger partial charge on any atom is -0.387 e. The van der Waals surface area contributed by atoms with Crippen molar-refractivity contribution in [3.05, 3.63) is 35.9 Å². The van der Waals surface area contributed by atoms with E-state index in [0.717, 1.165) is 5.56 Å². The van der Waals surface area contributed by atoms with Crippen molar-refractivity contribution in [2.24, 2.45) is 0 Å². The van der Waals surface area contributed by atoms with E-state index in [-0.39, 0.29) is 17.7 Å². The Kier molecular flexibility index (Phi) is 5.55. The smallest absolute Gasteiger partial charge is 0.245 e. The summed E-state index contributed by atoms with van der Waals surface area (Å²) in [4.78, 5) is 13.5. The molecule has 1 aromatic rings. The number of nitrogens with zero attached hydrogens (tertiary/aromatic N) is 1. The fourth-order valence-electron chi connectivity index (χ4n) is 2.80. The van der Waals surface area contributed by atoms with Crippen LogP contribution in [0.4, 0.5) is 0 Å². The highest BCUT2D eigenvalue weighted by Gasteiger charge is 2.34. The number of sulfone groups is 1. The molecule has 1 amide bonds. The SMILES string of the molecule is CS(=O)(=O)CCN1C[C@H](NC(=O)CO)[C@@H](c2ccccc2)C1. The molecule has 0 bridgehead atoms. The highest BCUT2D eigenvalue weighted by atomic mass is 32.2. The Morgan fingerprint density at radius 1 is 1.32 bits per heavy atom. The first-order valence-electron chi connectivity index (χ1n) is 7.24. The number of hydrogen-bond acceptors (Lipinski definition) is 5. The minimum absolute atomic E-state index is 0.0938. The van der Waals surface area contributed by atoms with E-state index in [0.29, 0.717) is 19.6 Å². The molecule has 0 aliphatic carbocycles. The Hall–Kier alpha value is -1.44. The van der Waals surface area contributed by atoms with Crippen LogP contribution in [-0.2, 0) is 14.6 Å². The summed E-state index contributed by atoms with van der Waals surface area (Å²) in [7, 11) is -3.01. The summed E-state index contributed by atoms with van der Waals surface area (Å²) in [6.45, 7) is 1.19. The van der Waals surface area contributed by atoms with Crippen LogP contribution in [-0.4, -0.2) is 68.6 Å². The normalized spacial score (nSPS) is 22.6. The number of aliphatic hydroxyl groups is 1. The molecule has 122 valence electrons. The molecule has 1 aliphatic heterocycles. The lowest BCUT2D eigenvalue weighted by Gasteiger charge is -2.19. The van der Waals surface area contributed by atoms with Crippen molar-refractivity contribution in [2.45, 2.75) is 12.0 Å². The molecule has 1 aromatic carbocycles. The molecule has 0 spiro atoms. The molecule has 0 unspecified atom stereocenters. The fraction of sp³-hybridized carbons (Fsp3) is 0.533. The lowest BCUT2D eigenvalue weighted by atomic mass is 9.94. The highest BCUT2D eigenvalue weighted by Crippen LogP contribution is 2.27. The number of nitrogens with one attached hydrogen (secondary N) is 1. The molecule has 2 atom stereocenters. The van der Waals surface area contributed by atoms with E-state index in [1.54, 1.807) is 0 Å². The van der Waals surface area contributed by atoms with Gasteiger partial charge in [-0.25, -0.2) is 8.42 Å². The van der Waals surface area contributed by atoms with Crippen LogP contribution in [0, 0.1) is 0 Å². The molecule has 6 nitrogen and oxygen atoms in total. The fourth-order valence-corrected chi connectivity index (χ4v) is 3.39. The quantitative estimate of drug-likeness (QED) is 0.743. The molecule has 0 saturated carbocycles. The summed E-state index contributed by atoms with van der Waals surface area (Å²) in [6, 6.07) is 9.70. The second-order valence-electron chi connectivity index (χ2n) is 5.74. The summed E-state index contributed by atoms with van der Waals surface area (Å²) in [5.41, 5.74) is 1.10. The van der Waals surface area contributed by atoms with E-state index in [1.165, 1.54) is 6.26 Å². The van der Waals surface area contributed by atoms with Crippen molar-refractivity contribution in [3.8, 4) is 0 Å². The van der Waals surface area contributed by atoms with Gasteiger partial charge in [0.25, 0.3) is 0 Å². The van der Waals surface area contributed by atoms with Crippen LogP contribution in [0.25, 0.3) is 0 Å². The van der Waals surface area contributed by atoms with E-state index in [2.05, 4.69) is 5.32 Å². The van der Waals surface area contributed by atoms with Crippen LogP contribution in [0.2, 0.25) is 0 Å². The van der Waals surface area contributed by atoms with Crippen LogP contribution < -0.4 is 5.32 Å². The molecule has 1 aliphatic rings. The van der Waals surface area contributed by atoms with Gasteiger partial charge in [-0.05, 0) is 5.56 Å². The van der Waals surface area contributed by atoms with Gasteiger partial charge in [0, 0.05) is 37.8 Å². The molecule has 1 saturated heterocycles. The Labute approximate surface area is 131 Å². The third-order valence-corrected chi connectivity index (χ3v) is 4.82. The van der Waals surface area contributed by atoms with Crippen LogP contribution in [0.3, 0.4) is 0 Å². The first-order valence-corrected chi connectivity index (χ1v) is 9.30. The van der Waals surface area contributed by atoms with E-state index >= 15 is 0 Å². The second-order valence-corrected chi connectivity index (χ2v) is 8.00. The zero-order valence-electron chi connectivity index (χ0n) is 12.6. The molecular weight excluding hydrogens is 304 g/mol. The van der Waals surface area contributed by atoms with Crippen LogP contribution in [0.5, 0.6) is 0 Å². The number of hydrogen-bond donors (Lipinski definition) is 2. The average molecular weight is 326 g/mol. The van der Waals surface area contributed by atoms with Gasteiger partial charge in [0.05, 0.1) is 5.75 Å². The van der Waals surface area contributed by atoms with Crippen LogP contribution >= 0.6 is 0 Å². The van der Waals surface area contributed by atoms with Gasteiger partial charge in [0.15, 0.2) is 0 Å². The molecule has 2 rings (SSSR count). The number of likely N-dealkylation sites (tertiary alicyclic amines) is 1. The second kappa shape index (κ2) is 7.21. The number of carbonyl (C=O) groups is 1. The Balaban J connectivity index is 2.09. The maximum atomic E-state index is 11.5. The molecule has 1 fully saturated rings. The maximum absolute atomic E-state index is 11.5. The zero-order valence-corrected chi connectivity index (χ0v) is 13.4. The molecule has 0 aromatic heterocycles. The monoisotopic (exact) mass is 326 g/mol. The summed E-state index contributed by atoms with van der Waals surface area (Å²) in [5, 5.41) is 11.7. The summed E-state index contributed by atoms with van der Waals surface area (Å²) < 4.78 is 22.6. The minimum atomic E-state index is -3.01. The Morgan fingerprint density at radius 3 is 2.59 bits per heavy atom.